The van der Waals surface area contributed by atoms with Gasteiger partial charge in [0, 0.05) is 35.7 Å². The number of fused-ring (bicyclic) bond motifs is 1. The molecular formula is C23H28N6. The highest BCUT2D eigenvalue weighted by molar-refractivity contribution is 5.64. The molecule has 0 saturated heterocycles. The summed E-state index contributed by atoms with van der Waals surface area (Å²) in [6.07, 6.45) is 9.70. The number of hydrogen-bond donors (Lipinski definition) is 2. The van der Waals surface area contributed by atoms with Crippen molar-refractivity contribution in [1.82, 2.24) is 25.1 Å². The van der Waals surface area contributed by atoms with Crippen molar-refractivity contribution in [3.63, 3.8) is 0 Å². The first-order chi connectivity index (χ1) is 14.0. The van der Waals surface area contributed by atoms with Gasteiger partial charge in [-0.15, -0.1) is 6.58 Å². The Labute approximate surface area is 172 Å². The Morgan fingerprint density at radius 3 is 2.97 bits per heavy atom. The lowest BCUT2D eigenvalue weighted by atomic mass is 9.92. The van der Waals surface area contributed by atoms with E-state index in [9.17, 15) is 0 Å². The number of hydrogen-bond acceptors (Lipinski definition) is 5. The van der Waals surface area contributed by atoms with Crippen LogP contribution in [0.5, 0.6) is 0 Å². The third kappa shape index (κ3) is 4.07. The summed E-state index contributed by atoms with van der Waals surface area (Å²) in [5.41, 5.74) is 6.67. The van der Waals surface area contributed by atoms with Crippen molar-refractivity contribution in [2.45, 2.75) is 45.7 Å². The van der Waals surface area contributed by atoms with E-state index in [1.54, 1.807) is 0 Å². The van der Waals surface area contributed by atoms with Crippen LogP contribution in [0.2, 0.25) is 0 Å². The number of anilines is 2. The summed E-state index contributed by atoms with van der Waals surface area (Å²) in [5, 5.41) is 11.4. The van der Waals surface area contributed by atoms with Crippen molar-refractivity contribution < 1.29 is 0 Å². The van der Waals surface area contributed by atoms with E-state index in [4.69, 9.17) is 4.98 Å². The van der Waals surface area contributed by atoms with Crippen molar-refractivity contribution in [2.75, 3.05) is 11.9 Å². The average Bonchev–Trinajstić information content (AvgIpc) is 3.20. The summed E-state index contributed by atoms with van der Waals surface area (Å²) in [6, 6.07) is 7.18. The molecule has 6 nitrogen and oxygen atoms in total. The van der Waals surface area contributed by atoms with Crippen LogP contribution in [-0.2, 0) is 6.42 Å². The first kappa shape index (κ1) is 19.3. The molecule has 0 bridgehead atoms. The Bertz CT molecular complexity index is 1020. The lowest BCUT2D eigenvalue weighted by molar-refractivity contribution is 0.510. The third-order valence-corrected chi connectivity index (χ3v) is 5.34. The second kappa shape index (κ2) is 8.17. The summed E-state index contributed by atoms with van der Waals surface area (Å²) in [5.74, 6) is 0.597. The van der Waals surface area contributed by atoms with Gasteiger partial charge in [0.1, 0.15) is 0 Å². The number of aromatic nitrogens is 4. The zero-order valence-electron chi connectivity index (χ0n) is 17.3. The minimum absolute atomic E-state index is 0.318. The molecule has 6 heteroatoms. The fourth-order valence-electron chi connectivity index (χ4n) is 3.77. The van der Waals surface area contributed by atoms with Crippen molar-refractivity contribution in [3.8, 4) is 11.3 Å². The van der Waals surface area contributed by atoms with Crippen LogP contribution in [0.15, 0.2) is 49.4 Å². The SMILES string of the molecule is C=CCC1NCCc2cc(Nc3ncc(C)c(-c4cnn(C(C)C)c4)n3)ccc21. The van der Waals surface area contributed by atoms with Crippen LogP contribution in [0.4, 0.5) is 11.6 Å². The molecule has 0 fully saturated rings. The molecule has 29 heavy (non-hydrogen) atoms. The van der Waals surface area contributed by atoms with Crippen LogP contribution in [0.3, 0.4) is 0 Å². The van der Waals surface area contributed by atoms with Gasteiger partial charge < -0.3 is 10.6 Å². The van der Waals surface area contributed by atoms with Crippen molar-refractivity contribution in [1.29, 1.82) is 0 Å². The third-order valence-electron chi connectivity index (χ3n) is 5.34. The van der Waals surface area contributed by atoms with Gasteiger partial charge in [0.25, 0.3) is 0 Å². The maximum absolute atomic E-state index is 4.77. The Morgan fingerprint density at radius 2 is 2.21 bits per heavy atom. The van der Waals surface area contributed by atoms with Crippen LogP contribution in [0.1, 0.15) is 49.0 Å². The van der Waals surface area contributed by atoms with Gasteiger partial charge in [-0.05, 0) is 69.0 Å². The lowest BCUT2D eigenvalue weighted by Crippen LogP contribution is -2.29. The highest BCUT2D eigenvalue weighted by Crippen LogP contribution is 2.29. The molecule has 0 aliphatic carbocycles. The molecule has 0 radical (unpaired) electrons. The molecule has 150 valence electrons. The number of aryl methyl sites for hydroxylation is 1. The number of rotatable bonds is 6. The molecule has 4 rings (SSSR count). The lowest BCUT2D eigenvalue weighted by Gasteiger charge is -2.26. The monoisotopic (exact) mass is 388 g/mol. The molecule has 1 atom stereocenters. The van der Waals surface area contributed by atoms with E-state index < -0.39 is 0 Å². The quantitative estimate of drug-likeness (QED) is 0.597. The first-order valence-electron chi connectivity index (χ1n) is 10.2. The largest absolute Gasteiger partial charge is 0.324 e. The van der Waals surface area contributed by atoms with Crippen molar-refractivity contribution in [3.05, 3.63) is 66.1 Å². The molecule has 0 spiro atoms. The summed E-state index contributed by atoms with van der Waals surface area (Å²) in [4.78, 5) is 9.25. The minimum atomic E-state index is 0.318. The fraction of sp³-hybridized carbons (Fsp3) is 0.348. The Morgan fingerprint density at radius 1 is 1.34 bits per heavy atom. The highest BCUT2D eigenvalue weighted by atomic mass is 15.3. The molecule has 2 N–H and O–H groups in total. The molecular weight excluding hydrogens is 360 g/mol. The van der Waals surface area contributed by atoms with Crippen LogP contribution < -0.4 is 10.6 Å². The number of benzene rings is 1. The molecule has 0 saturated carbocycles. The molecule has 1 aromatic carbocycles. The first-order valence-corrected chi connectivity index (χ1v) is 10.2. The number of nitrogens with zero attached hydrogens (tertiary/aromatic N) is 4. The summed E-state index contributed by atoms with van der Waals surface area (Å²) < 4.78 is 1.95. The molecule has 3 heterocycles. The van der Waals surface area contributed by atoms with E-state index in [0.29, 0.717) is 18.0 Å². The van der Waals surface area contributed by atoms with Gasteiger partial charge in [-0.2, -0.15) is 5.10 Å². The average molecular weight is 389 g/mol. The Kier molecular flexibility index (Phi) is 5.45. The molecule has 2 aromatic heterocycles. The van der Waals surface area contributed by atoms with Gasteiger partial charge in [0.2, 0.25) is 5.95 Å². The highest BCUT2D eigenvalue weighted by Gasteiger charge is 2.19. The van der Waals surface area contributed by atoms with Crippen LogP contribution >= 0.6 is 0 Å². The molecule has 0 amide bonds. The zero-order valence-corrected chi connectivity index (χ0v) is 17.3. The fourth-order valence-corrected chi connectivity index (χ4v) is 3.77. The summed E-state index contributed by atoms with van der Waals surface area (Å²) in [7, 11) is 0. The Balaban J connectivity index is 1.59. The van der Waals surface area contributed by atoms with E-state index >= 15 is 0 Å². The smallest absolute Gasteiger partial charge is 0.227 e. The van der Waals surface area contributed by atoms with E-state index in [2.05, 4.69) is 59.3 Å². The summed E-state index contributed by atoms with van der Waals surface area (Å²) in [6.45, 7) is 11.1. The topological polar surface area (TPSA) is 67.7 Å². The van der Waals surface area contributed by atoms with Gasteiger partial charge in [0.05, 0.1) is 11.9 Å². The van der Waals surface area contributed by atoms with E-state index in [1.807, 2.05) is 36.3 Å². The van der Waals surface area contributed by atoms with E-state index in [-0.39, 0.29) is 0 Å². The van der Waals surface area contributed by atoms with Gasteiger partial charge in [-0.3, -0.25) is 4.68 Å². The van der Waals surface area contributed by atoms with Gasteiger partial charge >= 0.3 is 0 Å². The maximum Gasteiger partial charge on any atom is 0.227 e. The number of nitrogens with one attached hydrogen (secondary N) is 2. The molecule has 3 aromatic rings. The maximum atomic E-state index is 4.77. The second-order valence-electron chi connectivity index (χ2n) is 7.85. The standard InChI is InChI=1S/C23H28N6/c1-5-6-21-20-8-7-19(11-17(20)9-10-24-21)27-23-25-12-16(4)22(28-23)18-13-26-29(14-18)15(2)3/h5,7-8,11-15,21,24H,1,6,9-10H2,2-4H3,(H,25,27,28). The van der Waals surface area contributed by atoms with Gasteiger partial charge in [-0.25, -0.2) is 9.97 Å². The van der Waals surface area contributed by atoms with Crippen molar-refractivity contribution >= 4 is 11.6 Å². The van der Waals surface area contributed by atoms with Gasteiger partial charge in [0.15, 0.2) is 0 Å². The van der Waals surface area contributed by atoms with Gasteiger partial charge in [-0.1, -0.05) is 12.1 Å². The predicted molar refractivity (Wildman–Crippen MR) is 117 cm³/mol. The molecule has 1 unspecified atom stereocenters. The van der Waals surface area contributed by atoms with E-state index in [1.165, 1.54) is 11.1 Å². The second-order valence-corrected chi connectivity index (χ2v) is 7.85. The minimum Gasteiger partial charge on any atom is -0.324 e. The zero-order chi connectivity index (χ0) is 20.4. The van der Waals surface area contributed by atoms with Crippen LogP contribution in [0, 0.1) is 6.92 Å². The summed E-state index contributed by atoms with van der Waals surface area (Å²) >= 11 is 0. The molecule has 1 aliphatic rings. The predicted octanol–water partition coefficient (Wildman–Crippen LogP) is 4.74. The van der Waals surface area contributed by atoms with Crippen LogP contribution in [0.25, 0.3) is 11.3 Å². The molecule has 1 aliphatic heterocycles. The normalized spacial score (nSPS) is 15.9. The van der Waals surface area contributed by atoms with Crippen molar-refractivity contribution in [2.24, 2.45) is 0 Å². The van der Waals surface area contributed by atoms with Crippen LogP contribution in [-0.4, -0.2) is 26.3 Å². The van der Waals surface area contributed by atoms with E-state index in [0.717, 1.165) is 41.9 Å². The Hall–Kier alpha value is -2.99.